The van der Waals surface area contributed by atoms with Gasteiger partial charge in [0.05, 0.1) is 17.1 Å². The molecule has 0 aromatic heterocycles. The van der Waals surface area contributed by atoms with Gasteiger partial charge in [0.15, 0.2) is 0 Å². The van der Waals surface area contributed by atoms with E-state index in [2.05, 4.69) is 224 Å². The predicted molar refractivity (Wildman–Crippen MR) is 260 cm³/mol. The van der Waals surface area contributed by atoms with E-state index in [4.69, 9.17) is 0 Å². The van der Waals surface area contributed by atoms with Crippen LogP contribution in [0.5, 0.6) is 0 Å². The van der Waals surface area contributed by atoms with Gasteiger partial charge in [-0.2, -0.15) is 0 Å². The summed E-state index contributed by atoms with van der Waals surface area (Å²) in [7, 11) is 0. The maximum atomic E-state index is 2.50. The third-order valence-corrected chi connectivity index (χ3v) is 13.6. The molecule has 0 heterocycles. The van der Waals surface area contributed by atoms with E-state index >= 15 is 0 Å². The lowest BCUT2D eigenvalue weighted by molar-refractivity contribution is 0.443. The number of fused-ring (bicyclic) bond motifs is 5. The van der Waals surface area contributed by atoms with Gasteiger partial charge < -0.3 is 9.80 Å². The van der Waals surface area contributed by atoms with Crippen molar-refractivity contribution < 1.29 is 0 Å². The molecular weight excluding hydrogens is 737 g/mol. The highest BCUT2D eigenvalue weighted by molar-refractivity contribution is 6.08. The molecule has 11 rings (SSSR count). The summed E-state index contributed by atoms with van der Waals surface area (Å²) in [6, 6.07) is 74.5. The van der Waals surface area contributed by atoms with Gasteiger partial charge in [-0.3, -0.25) is 0 Å². The van der Waals surface area contributed by atoms with E-state index in [9.17, 15) is 0 Å². The van der Waals surface area contributed by atoms with Crippen LogP contribution in [-0.2, 0) is 5.41 Å². The Hall–Kier alpha value is -6.90. The van der Waals surface area contributed by atoms with Gasteiger partial charge >= 0.3 is 0 Å². The van der Waals surface area contributed by atoms with Gasteiger partial charge in [0.25, 0.3) is 0 Å². The molecule has 61 heavy (non-hydrogen) atoms. The largest absolute Gasteiger partial charge is 0.310 e. The molecule has 2 heteroatoms. The molecule has 0 N–H and O–H groups in total. The van der Waals surface area contributed by atoms with Crippen molar-refractivity contribution in [2.45, 2.75) is 57.3 Å². The zero-order valence-electron chi connectivity index (χ0n) is 35.1. The topological polar surface area (TPSA) is 6.48 Å². The van der Waals surface area contributed by atoms with Crippen LogP contribution < -0.4 is 9.80 Å². The first-order chi connectivity index (χ1) is 30.0. The average Bonchev–Trinajstić information content (AvgIpc) is 3.56. The van der Waals surface area contributed by atoms with Gasteiger partial charge in [-0.25, -0.2) is 0 Å². The summed E-state index contributed by atoms with van der Waals surface area (Å²) in [6.07, 6.45) is 6.61. The summed E-state index contributed by atoms with van der Waals surface area (Å²) in [5, 5.41) is 4.88. The van der Waals surface area contributed by atoms with Crippen molar-refractivity contribution in [3.8, 4) is 22.3 Å². The van der Waals surface area contributed by atoms with Crippen molar-refractivity contribution in [2.24, 2.45) is 0 Å². The molecule has 2 aliphatic carbocycles. The Kier molecular flexibility index (Phi) is 9.30. The summed E-state index contributed by atoms with van der Waals surface area (Å²) in [5.74, 6) is 0.653. The molecule has 0 aliphatic heterocycles. The molecule has 9 aromatic rings. The van der Waals surface area contributed by atoms with Crippen LogP contribution in [0.15, 0.2) is 200 Å². The lowest BCUT2D eigenvalue weighted by Gasteiger charge is -2.32. The highest BCUT2D eigenvalue weighted by Gasteiger charge is 2.37. The smallest absolute Gasteiger partial charge is 0.0546 e. The second kappa shape index (κ2) is 15.3. The fourth-order valence-electron chi connectivity index (χ4n) is 10.6. The van der Waals surface area contributed by atoms with Crippen molar-refractivity contribution in [1.82, 2.24) is 0 Å². The molecule has 1 saturated carbocycles. The van der Waals surface area contributed by atoms with Gasteiger partial charge in [-0.1, -0.05) is 179 Å². The van der Waals surface area contributed by atoms with Crippen molar-refractivity contribution in [1.29, 1.82) is 0 Å². The summed E-state index contributed by atoms with van der Waals surface area (Å²) in [5.41, 5.74) is 16.1. The average molecular weight is 787 g/mol. The van der Waals surface area contributed by atoms with Crippen molar-refractivity contribution in [3.05, 3.63) is 217 Å². The second-order valence-corrected chi connectivity index (χ2v) is 17.5. The molecule has 0 spiro atoms. The van der Waals surface area contributed by atoms with Gasteiger partial charge in [-0.05, 0) is 117 Å². The normalized spacial score (nSPS) is 14.5. The molecular formula is C59H50N2. The Bertz CT molecular complexity index is 3020. The lowest BCUT2D eigenvalue weighted by Crippen LogP contribution is -2.16. The van der Waals surface area contributed by atoms with Crippen LogP contribution in [0.1, 0.15) is 68.6 Å². The number of benzene rings is 9. The first-order valence-electron chi connectivity index (χ1n) is 22.1. The Morgan fingerprint density at radius 2 is 0.934 bits per heavy atom. The molecule has 0 radical (unpaired) electrons. The first kappa shape index (κ1) is 37.1. The molecule has 0 bridgehead atoms. The maximum absolute atomic E-state index is 2.50. The first-order valence-corrected chi connectivity index (χ1v) is 22.1. The van der Waals surface area contributed by atoms with Gasteiger partial charge in [0.1, 0.15) is 0 Å². The lowest BCUT2D eigenvalue weighted by atomic mass is 9.82. The molecule has 0 amide bonds. The number of nitrogens with zero attached hydrogens (tertiary/aromatic N) is 2. The Morgan fingerprint density at radius 1 is 0.393 bits per heavy atom. The van der Waals surface area contributed by atoms with Crippen LogP contribution in [0.2, 0.25) is 0 Å². The van der Waals surface area contributed by atoms with Crippen LogP contribution in [0.25, 0.3) is 43.8 Å². The minimum absolute atomic E-state index is 0.0996. The molecule has 2 nitrogen and oxygen atoms in total. The molecule has 0 unspecified atom stereocenters. The summed E-state index contributed by atoms with van der Waals surface area (Å²) in [4.78, 5) is 4.97. The number of hydrogen-bond donors (Lipinski definition) is 0. The molecule has 296 valence electrons. The molecule has 0 saturated heterocycles. The maximum Gasteiger partial charge on any atom is 0.0546 e. The van der Waals surface area contributed by atoms with Crippen molar-refractivity contribution in [3.63, 3.8) is 0 Å². The Balaban J connectivity index is 1.11. The van der Waals surface area contributed by atoms with E-state index in [-0.39, 0.29) is 5.41 Å². The highest BCUT2D eigenvalue weighted by Crippen LogP contribution is 2.55. The van der Waals surface area contributed by atoms with Crippen LogP contribution >= 0.6 is 0 Å². The van der Waals surface area contributed by atoms with Gasteiger partial charge in [-0.15, -0.1) is 0 Å². The van der Waals surface area contributed by atoms with E-state index in [1.165, 1.54) is 104 Å². The summed E-state index contributed by atoms with van der Waals surface area (Å²) >= 11 is 0. The van der Waals surface area contributed by atoms with Crippen molar-refractivity contribution in [2.75, 3.05) is 9.80 Å². The van der Waals surface area contributed by atoms with Crippen molar-refractivity contribution >= 4 is 55.7 Å². The fourth-order valence-corrected chi connectivity index (χ4v) is 10.6. The van der Waals surface area contributed by atoms with Crippen LogP contribution in [0, 0.1) is 0 Å². The van der Waals surface area contributed by atoms with E-state index in [0.717, 1.165) is 22.7 Å². The highest BCUT2D eigenvalue weighted by atomic mass is 15.2. The van der Waals surface area contributed by atoms with Crippen LogP contribution in [-0.4, -0.2) is 0 Å². The summed E-state index contributed by atoms with van der Waals surface area (Å²) < 4.78 is 0. The van der Waals surface area contributed by atoms with Gasteiger partial charge in [0, 0.05) is 39.0 Å². The zero-order chi connectivity index (χ0) is 40.9. The number of hydrogen-bond acceptors (Lipinski definition) is 2. The van der Waals surface area contributed by atoms with E-state index in [0.29, 0.717) is 5.92 Å². The molecule has 9 aromatic carbocycles. The minimum Gasteiger partial charge on any atom is -0.310 e. The molecule has 1 fully saturated rings. The van der Waals surface area contributed by atoms with Crippen LogP contribution in [0.3, 0.4) is 0 Å². The minimum atomic E-state index is -0.0996. The Labute approximate surface area is 360 Å². The van der Waals surface area contributed by atoms with E-state index in [1.807, 2.05) is 0 Å². The second-order valence-electron chi connectivity index (χ2n) is 17.5. The zero-order valence-corrected chi connectivity index (χ0v) is 35.1. The quantitative estimate of drug-likeness (QED) is 0.151. The van der Waals surface area contributed by atoms with E-state index < -0.39 is 0 Å². The molecule has 2 aliphatic rings. The molecule has 0 atom stereocenters. The third-order valence-electron chi connectivity index (χ3n) is 13.6. The number of anilines is 6. The predicted octanol–water partition coefficient (Wildman–Crippen LogP) is 17.0. The summed E-state index contributed by atoms with van der Waals surface area (Å²) in [6.45, 7) is 4.75. The number of rotatable bonds is 8. The van der Waals surface area contributed by atoms with E-state index in [1.54, 1.807) is 0 Å². The third kappa shape index (κ3) is 6.41. The Morgan fingerprint density at radius 3 is 1.69 bits per heavy atom. The monoisotopic (exact) mass is 786 g/mol. The standard InChI is InChI=1S/C59H50N2/c1-59(2)52-27-14-13-26-51(52)58-53(59)28-16-30-55(58)60(46-34-31-42(32-35-46)41-17-5-3-6-18-41)47-36-38-48(39-37-47)61(54-29-15-23-43-19-9-11-24-49(43)54)56-40-33-44-20-10-12-25-50(44)57(56)45-21-7-4-8-22-45/h4,7-16,19-41H,3,5-6,17-18H2,1-2H3. The van der Waals surface area contributed by atoms with Gasteiger partial charge in [0.2, 0.25) is 0 Å². The van der Waals surface area contributed by atoms with Crippen LogP contribution in [0.4, 0.5) is 34.1 Å². The SMILES string of the molecule is CC1(C)c2ccccc2-c2c(N(c3ccc(C4CCCCC4)cc3)c3ccc(N(c4ccc5ccccc5c4-c4ccccc4)c4cccc5ccccc45)cc3)cccc21. The fraction of sp³-hybridized carbons (Fsp3) is 0.153.